The van der Waals surface area contributed by atoms with Gasteiger partial charge in [-0.25, -0.2) is 9.97 Å². The van der Waals surface area contributed by atoms with E-state index in [0.717, 1.165) is 10.2 Å². The van der Waals surface area contributed by atoms with Gasteiger partial charge in [0.25, 0.3) is 5.88 Å². The van der Waals surface area contributed by atoms with E-state index in [1.54, 1.807) is 25.3 Å². The van der Waals surface area contributed by atoms with Gasteiger partial charge in [-0.05, 0) is 34.1 Å². The zero-order valence-corrected chi connectivity index (χ0v) is 10.6. The minimum absolute atomic E-state index is 0.246. The first-order valence-electron chi connectivity index (χ1n) is 4.78. The minimum Gasteiger partial charge on any atom is -0.497 e. The van der Waals surface area contributed by atoms with Crippen LogP contribution in [0.4, 0.5) is 5.82 Å². The summed E-state index contributed by atoms with van der Waals surface area (Å²) >= 11 is 3.38. The first-order chi connectivity index (χ1) is 8.20. The van der Waals surface area contributed by atoms with Crippen LogP contribution in [0.3, 0.4) is 0 Å². The Bertz CT molecular complexity index is 534. The summed E-state index contributed by atoms with van der Waals surface area (Å²) in [4.78, 5) is 7.88. The number of hydrogen-bond acceptors (Lipinski definition) is 5. The van der Waals surface area contributed by atoms with Gasteiger partial charge in [-0.1, -0.05) is 0 Å². The molecule has 2 N–H and O–H groups in total. The predicted octanol–water partition coefficient (Wildman–Crippen LogP) is 2.62. The molecule has 0 saturated heterocycles. The maximum absolute atomic E-state index is 5.64. The third-order valence-corrected chi connectivity index (χ3v) is 2.66. The molecular formula is C11H10BrN3O2. The van der Waals surface area contributed by atoms with Crippen molar-refractivity contribution in [3.63, 3.8) is 0 Å². The van der Waals surface area contributed by atoms with Crippen molar-refractivity contribution in [2.24, 2.45) is 0 Å². The molecule has 0 aliphatic rings. The Hall–Kier alpha value is -1.82. The van der Waals surface area contributed by atoms with Crippen LogP contribution in [0.25, 0.3) is 0 Å². The quantitative estimate of drug-likeness (QED) is 0.942. The maximum atomic E-state index is 5.64. The number of anilines is 1. The monoisotopic (exact) mass is 295 g/mol. The fraction of sp³-hybridized carbons (Fsp3) is 0.0909. The fourth-order valence-corrected chi connectivity index (χ4v) is 1.65. The van der Waals surface area contributed by atoms with E-state index in [2.05, 4.69) is 25.9 Å². The Kier molecular flexibility index (Phi) is 3.43. The van der Waals surface area contributed by atoms with Crippen LogP contribution in [0, 0.1) is 0 Å². The topological polar surface area (TPSA) is 70.3 Å². The summed E-state index contributed by atoms with van der Waals surface area (Å²) in [7, 11) is 1.60. The molecule has 0 saturated carbocycles. The third kappa shape index (κ3) is 2.65. The van der Waals surface area contributed by atoms with Crippen LogP contribution in [0.5, 0.6) is 17.4 Å². The number of ether oxygens (including phenoxy) is 2. The van der Waals surface area contributed by atoms with Gasteiger partial charge in [0.2, 0.25) is 0 Å². The lowest BCUT2D eigenvalue weighted by Gasteiger charge is -2.08. The lowest BCUT2D eigenvalue weighted by atomic mass is 10.3. The van der Waals surface area contributed by atoms with Crippen molar-refractivity contribution in [3.05, 3.63) is 35.1 Å². The SMILES string of the molecule is COc1ccc(Oc2nccnc2N)c(Br)c1. The highest BCUT2D eigenvalue weighted by Gasteiger charge is 2.08. The van der Waals surface area contributed by atoms with Crippen LogP contribution < -0.4 is 15.2 Å². The molecule has 17 heavy (non-hydrogen) atoms. The normalized spacial score (nSPS) is 10.0. The second-order valence-electron chi connectivity index (χ2n) is 3.15. The molecule has 0 amide bonds. The molecule has 0 fully saturated rings. The van der Waals surface area contributed by atoms with Crippen molar-refractivity contribution in [1.82, 2.24) is 9.97 Å². The van der Waals surface area contributed by atoms with E-state index < -0.39 is 0 Å². The lowest BCUT2D eigenvalue weighted by Crippen LogP contribution is -1.97. The molecule has 0 aliphatic heterocycles. The van der Waals surface area contributed by atoms with E-state index in [4.69, 9.17) is 15.2 Å². The van der Waals surface area contributed by atoms with E-state index in [9.17, 15) is 0 Å². The van der Waals surface area contributed by atoms with E-state index in [-0.39, 0.29) is 11.7 Å². The molecule has 1 heterocycles. The van der Waals surface area contributed by atoms with Crippen LogP contribution in [-0.4, -0.2) is 17.1 Å². The number of nitrogens with zero attached hydrogens (tertiary/aromatic N) is 2. The molecule has 6 heteroatoms. The molecule has 0 radical (unpaired) electrons. The summed E-state index contributed by atoms with van der Waals surface area (Å²) in [6, 6.07) is 5.34. The number of benzene rings is 1. The lowest BCUT2D eigenvalue weighted by molar-refractivity contribution is 0.411. The summed E-state index contributed by atoms with van der Waals surface area (Å²) < 4.78 is 11.4. The molecule has 2 rings (SSSR count). The number of aromatic nitrogens is 2. The summed E-state index contributed by atoms with van der Waals surface area (Å²) in [5.74, 6) is 1.85. The number of methoxy groups -OCH3 is 1. The smallest absolute Gasteiger partial charge is 0.262 e. The van der Waals surface area contributed by atoms with Gasteiger partial charge in [-0.15, -0.1) is 0 Å². The van der Waals surface area contributed by atoms with Crippen molar-refractivity contribution in [2.45, 2.75) is 0 Å². The molecule has 0 atom stereocenters. The molecule has 1 aromatic heterocycles. The molecule has 0 bridgehead atoms. The number of halogens is 1. The van der Waals surface area contributed by atoms with Crippen molar-refractivity contribution in [1.29, 1.82) is 0 Å². The number of hydrogen-bond donors (Lipinski definition) is 1. The Balaban J connectivity index is 2.28. The van der Waals surface area contributed by atoms with Crippen molar-refractivity contribution in [3.8, 4) is 17.4 Å². The minimum atomic E-state index is 0.246. The van der Waals surface area contributed by atoms with Crippen molar-refractivity contribution in [2.75, 3.05) is 12.8 Å². The van der Waals surface area contributed by atoms with Gasteiger partial charge >= 0.3 is 0 Å². The standard InChI is InChI=1S/C11H10BrN3O2/c1-16-7-2-3-9(8(12)6-7)17-11-10(13)14-4-5-15-11/h2-6H,1H3,(H2,13,14). The van der Waals surface area contributed by atoms with Gasteiger partial charge in [-0.2, -0.15) is 0 Å². The maximum Gasteiger partial charge on any atom is 0.262 e. The Morgan fingerprint density at radius 3 is 2.65 bits per heavy atom. The fourth-order valence-electron chi connectivity index (χ4n) is 1.21. The second-order valence-corrected chi connectivity index (χ2v) is 4.00. The molecule has 0 unspecified atom stereocenters. The van der Waals surface area contributed by atoms with Gasteiger partial charge in [0.15, 0.2) is 5.82 Å². The molecule has 2 aromatic rings. The van der Waals surface area contributed by atoms with Gasteiger partial charge < -0.3 is 15.2 Å². The summed E-state index contributed by atoms with van der Waals surface area (Å²) in [6.07, 6.45) is 3.02. The summed E-state index contributed by atoms with van der Waals surface area (Å²) in [6.45, 7) is 0. The summed E-state index contributed by atoms with van der Waals surface area (Å²) in [5.41, 5.74) is 5.64. The largest absolute Gasteiger partial charge is 0.497 e. The van der Waals surface area contributed by atoms with Crippen LogP contribution in [0.1, 0.15) is 0 Å². The van der Waals surface area contributed by atoms with Crippen molar-refractivity contribution >= 4 is 21.7 Å². The number of nitrogen functional groups attached to an aromatic ring is 1. The van der Waals surface area contributed by atoms with E-state index in [1.807, 2.05) is 0 Å². The first kappa shape index (κ1) is 11.7. The highest BCUT2D eigenvalue weighted by atomic mass is 79.9. The molecular weight excluding hydrogens is 286 g/mol. The average molecular weight is 296 g/mol. The summed E-state index contributed by atoms with van der Waals surface area (Å²) in [5, 5.41) is 0. The highest BCUT2D eigenvalue weighted by molar-refractivity contribution is 9.10. The predicted molar refractivity (Wildman–Crippen MR) is 67.2 cm³/mol. The molecule has 0 spiro atoms. The van der Waals surface area contributed by atoms with Gasteiger partial charge in [-0.3, -0.25) is 0 Å². The van der Waals surface area contributed by atoms with Crippen LogP contribution in [0.15, 0.2) is 35.1 Å². The number of nitrogens with two attached hydrogens (primary N) is 1. The second kappa shape index (κ2) is 5.01. The zero-order chi connectivity index (χ0) is 12.3. The van der Waals surface area contributed by atoms with Crippen LogP contribution in [-0.2, 0) is 0 Å². The molecule has 0 aliphatic carbocycles. The van der Waals surface area contributed by atoms with Gasteiger partial charge in [0, 0.05) is 12.4 Å². The molecule has 88 valence electrons. The van der Waals surface area contributed by atoms with E-state index >= 15 is 0 Å². The van der Waals surface area contributed by atoms with Gasteiger partial charge in [0.05, 0.1) is 11.6 Å². The Labute approximate surface area is 107 Å². The Morgan fingerprint density at radius 1 is 1.24 bits per heavy atom. The average Bonchev–Trinajstić information content (AvgIpc) is 2.34. The zero-order valence-electron chi connectivity index (χ0n) is 9.05. The third-order valence-electron chi connectivity index (χ3n) is 2.04. The molecule has 5 nitrogen and oxygen atoms in total. The number of rotatable bonds is 3. The van der Waals surface area contributed by atoms with E-state index in [1.165, 1.54) is 12.4 Å². The van der Waals surface area contributed by atoms with Crippen molar-refractivity contribution < 1.29 is 9.47 Å². The van der Waals surface area contributed by atoms with Crippen LogP contribution >= 0.6 is 15.9 Å². The van der Waals surface area contributed by atoms with E-state index in [0.29, 0.717) is 5.75 Å². The first-order valence-corrected chi connectivity index (χ1v) is 5.58. The molecule has 1 aromatic carbocycles. The Morgan fingerprint density at radius 2 is 2.00 bits per heavy atom. The van der Waals surface area contributed by atoms with Crippen LogP contribution in [0.2, 0.25) is 0 Å². The van der Waals surface area contributed by atoms with Gasteiger partial charge in [0.1, 0.15) is 11.5 Å². The highest BCUT2D eigenvalue weighted by Crippen LogP contribution is 2.33.